The molecule has 0 saturated carbocycles. The lowest BCUT2D eigenvalue weighted by Gasteiger charge is -2.06. The van der Waals surface area contributed by atoms with Gasteiger partial charge < -0.3 is 14.3 Å². The third-order valence-corrected chi connectivity index (χ3v) is 3.76. The van der Waals surface area contributed by atoms with Crippen molar-refractivity contribution in [3.8, 4) is 22.6 Å². The summed E-state index contributed by atoms with van der Waals surface area (Å²) in [5, 5.41) is 10.1. The van der Waals surface area contributed by atoms with Gasteiger partial charge in [0, 0.05) is 10.5 Å². The van der Waals surface area contributed by atoms with E-state index >= 15 is 0 Å². The third kappa shape index (κ3) is 2.40. The predicted octanol–water partition coefficient (Wildman–Crippen LogP) is 3.94. The zero-order valence-corrected chi connectivity index (χ0v) is 12.7. The van der Waals surface area contributed by atoms with Crippen molar-refractivity contribution in [3.63, 3.8) is 0 Å². The van der Waals surface area contributed by atoms with Gasteiger partial charge in [0.2, 0.25) is 5.43 Å². The van der Waals surface area contributed by atoms with Crippen molar-refractivity contribution in [2.45, 2.75) is 0 Å². The number of aromatic hydroxyl groups is 1. The molecular weight excluding hydrogens is 336 g/mol. The first-order chi connectivity index (χ1) is 10.1. The molecule has 2 aromatic carbocycles. The van der Waals surface area contributed by atoms with Crippen molar-refractivity contribution in [2.24, 2.45) is 0 Å². The predicted molar refractivity (Wildman–Crippen MR) is 83.8 cm³/mol. The molecule has 0 unspecified atom stereocenters. The normalized spacial score (nSPS) is 10.8. The Morgan fingerprint density at radius 2 is 1.90 bits per heavy atom. The number of rotatable bonds is 2. The molecule has 0 spiro atoms. The summed E-state index contributed by atoms with van der Waals surface area (Å²) in [5.41, 5.74) is 1.37. The Labute approximate surface area is 128 Å². The number of ether oxygens (including phenoxy) is 1. The van der Waals surface area contributed by atoms with Gasteiger partial charge in [-0.1, -0.05) is 28.1 Å². The summed E-state index contributed by atoms with van der Waals surface area (Å²) in [5.74, 6) is 0.173. The first-order valence-electron chi connectivity index (χ1n) is 6.18. The summed E-state index contributed by atoms with van der Waals surface area (Å²) in [6, 6.07) is 10.2. The van der Waals surface area contributed by atoms with Crippen LogP contribution in [0.5, 0.6) is 11.5 Å². The van der Waals surface area contributed by atoms with Crippen LogP contribution in [-0.2, 0) is 0 Å². The quantitative estimate of drug-likeness (QED) is 0.763. The van der Waals surface area contributed by atoms with E-state index in [0.717, 1.165) is 10.0 Å². The number of benzene rings is 2. The Kier molecular flexibility index (Phi) is 3.43. The van der Waals surface area contributed by atoms with Crippen LogP contribution in [0.4, 0.5) is 0 Å². The van der Waals surface area contributed by atoms with Gasteiger partial charge in [-0.3, -0.25) is 4.79 Å². The molecule has 0 saturated heterocycles. The van der Waals surface area contributed by atoms with Gasteiger partial charge in [-0.05, 0) is 23.8 Å². The second-order valence-electron chi connectivity index (χ2n) is 4.51. The minimum atomic E-state index is -0.170. The van der Waals surface area contributed by atoms with Crippen LogP contribution in [0.15, 0.2) is 56.3 Å². The molecule has 0 aliphatic heterocycles. The van der Waals surface area contributed by atoms with Gasteiger partial charge >= 0.3 is 0 Å². The molecule has 0 bridgehead atoms. The van der Waals surface area contributed by atoms with E-state index in [9.17, 15) is 9.90 Å². The fraction of sp³-hybridized carbons (Fsp3) is 0.0625. The fourth-order valence-electron chi connectivity index (χ4n) is 2.14. The smallest absolute Gasteiger partial charge is 0.200 e. The summed E-state index contributed by atoms with van der Waals surface area (Å²) in [4.78, 5) is 12.6. The molecule has 21 heavy (non-hydrogen) atoms. The maximum atomic E-state index is 12.6. The van der Waals surface area contributed by atoms with Crippen molar-refractivity contribution in [3.05, 3.63) is 57.4 Å². The Balaban J connectivity index is 2.26. The van der Waals surface area contributed by atoms with Gasteiger partial charge in [0.05, 0.1) is 18.1 Å². The largest absolute Gasteiger partial charge is 0.504 e. The minimum Gasteiger partial charge on any atom is -0.504 e. The number of phenolic OH excluding ortho intramolecular Hbond substituents is 1. The number of fused-ring (bicyclic) bond motifs is 1. The number of phenols is 1. The van der Waals surface area contributed by atoms with Crippen LogP contribution >= 0.6 is 15.9 Å². The van der Waals surface area contributed by atoms with E-state index in [0.29, 0.717) is 16.5 Å². The highest BCUT2D eigenvalue weighted by molar-refractivity contribution is 9.10. The first kappa shape index (κ1) is 13.7. The maximum Gasteiger partial charge on any atom is 0.200 e. The minimum absolute atomic E-state index is 0.0652. The van der Waals surface area contributed by atoms with Gasteiger partial charge in [0.1, 0.15) is 11.8 Å². The molecule has 0 fully saturated rings. The standard InChI is InChI=1S/C16H11BrO4/c1-20-15-6-11-14(7-13(15)18)21-8-12(16(11)19)9-2-4-10(17)5-3-9/h2-8,18H,1H3. The van der Waals surface area contributed by atoms with E-state index in [1.807, 2.05) is 24.3 Å². The molecule has 0 aliphatic carbocycles. The molecule has 4 nitrogen and oxygen atoms in total. The Bertz CT molecular complexity index is 866. The molecule has 1 aromatic heterocycles. The lowest BCUT2D eigenvalue weighted by atomic mass is 10.1. The van der Waals surface area contributed by atoms with E-state index < -0.39 is 0 Å². The average Bonchev–Trinajstić information content (AvgIpc) is 2.48. The Morgan fingerprint density at radius 1 is 1.19 bits per heavy atom. The number of hydrogen-bond acceptors (Lipinski definition) is 4. The van der Waals surface area contributed by atoms with Crippen molar-refractivity contribution in [2.75, 3.05) is 7.11 Å². The number of hydrogen-bond donors (Lipinski definition) is 1. The van der Waals surface area contributed by atoms with E-state index in [1.54, 1.807) is 0 Å². The van der Waals surface area contributed by atoms with Crippen LogP contribution in [-0.4, -0.2) is 12.2 Å². The second kappa shape index (κ2) is 5.26. The molecule has 0 aliphatic rings. The van der Waals surface area contributed by atoms with E-state index in [2.05, 4.69) is 15.9 Å². The van der Waals surface area contributed by atoms with Gasteiger partial charge in [-0.2, -0.15) is 0 Å². The lowest BCUT2D eigenvalue weighted by Crippen LogP contribution is -2.05. The van der Waals surface area contributed by atoms with Crippen LogP contribution in [0, 0.1) is 0 Å². The molecule has 3 aromatic rings. The molecule has 1 N–H and O–H groups in total. The molecule has 106 valence electrons. The summed E-state index contributed by atoms with van der Waals surface area (Å²) < 4.78 is 11.4. The molecular formula is C16H11BrO4. The van der Waals surface area contributed by atoms with Gasteiger partial charge in [0.15, 0.2) is 11.5 Å². The van der Waals surface area contributed by atoms with E-state index in [1.165, 1.54) is 25.5 Å². The summed E-state index contributed by atoms with van der Waals surface area (Å²) in [6.07, 6.45) is 1.40. The van der Waals surface area contributed by atoms with Gasteiger partial charge in [-0.15, -0.1) is 0 Å². The summed E-state index contributed by atoms with van der Waals surface area (Å²) in [7, 11) is 1.43. The van der Waals surface area contributed by atoms with Crippen LogP contribution in [0.2, 0.25) is 0 Å². The molecule has 3 rings (SSSR count). The van der Waals surface area contributed by atoms with Crippen LogP contribution in [0.1, 0.15) is 0 Å². The van der Waals surface area contributed by atoms with Crippen LogP contribution < -0.4 is 10.2 Å². The van der Waals surface area contributed by atoms with Crippen molar-refractivity contribution in [1.29, 1.82) is 0 Å². The number of methoxy groups -OCH3 is 1. The van der Waals surface area contributed by atoms with Crippen LogP contribution in [0.25, 0.3) is 22.1 Å². The van der Waals surface area contributed by atoms with Crippen molar-refractivity contribution >= 4 is 26.9 Å². The highest BCUT2D eigenvalue weighted by Gasteiger charge is 2.12. The Hall–Kier alpha value is -2.27. The lowest BCUT2D eigenvalue weighted by molar-refractivity contribution is 0.373. The molecule has 1 heterocycles. The monoisotopic (exact) mass is 346 g/mol. The topological polar surface area (TPSA) is 59.7 Å². The second-order valence-corrected chi connectivity index (χ2v) is 5.42. The number of halogens is 1. The molecule has 0 amide bonds. The zero-order valence-electron chi connectivity index (χ0n) is 11.1. The Morgan fingerprint density at radius 3 is 2.57 bits per heavy atom. The highest BCUT2D eigenvalue weighted by atomic mass is 79.9. The molecule has 5 heteroatoms. The fourth-order valence-corrected chi connectivity index (χ4v) is 2.40. The van der Waals surface area contributed by atoms with Gasteiger partial charge in [-0.25, -0.2) is 0 Å². The summed E-state index contributed by atoms with van der Waals surface area (Å²) >= 11 is 3.36. The first-order valence-corrected chi connectivity index (χ1v) is 6.98. The highest BCUT2D eigenvalue weighted by Crippen LogP contribution is 2.31. The SMILES string of the molecule is COc1cc2c(=O)c(-c3ccc(Br)cc3)coc2cc1O. The van der Waals surface area contributed by atoms with Crippen molar-refractivity contribution < 1.29 is 14.3 Å². The summed E-state index contributed by atoms with van der Waals surface area (Å²) in [6.45, 7) is 0. The molecule has 0 atom stereocenters. The van der Waals surface area contributed by atoms with Gasteiger partial charge in [0.25, 0.3) is 0 Å². The van der Waals surface area contributed by atoms with E-state index in [4.69, 9.17) is 9.15 Å². The maximum absolute atomic E-state index is 12.6. The van der Waals surface area contributed by atoms with Crippen molar-refractivity contribution in [1.82, 2.24) is 0 Å². The molecule has 0 radical (unpaired) electrons. The van der Waals surface area contributed by atoms with Crippen LogP contribution in [0.3, 0.4) is 0 Å². The third-order valence-electron chi connectivity index (χ3n) is 3.23. The zero-order chi connectivity index (χ0) is 15.0. The average molecular weight is 347 g/mol. The van der Waals surface area contributed by atoms with E-state index in [-0.39, 0.29) is 16.9 Å².